The third-order valence-corrected chi connectivity index (χ3v) is 4.17. The van der Waals surface area contributed by atoms with Crippen molar-refractivity contribution in [1.82, 2.24) is 4.90 Å². The lowest BCUT2D eigenvalue weighted by Gasteiger charge is -2.32. The Morgan fingerprint density at radius 1 is 1.17 bits per heavy atom. The first-order valence-corrected chi connectivity index (χ1v) is 9.22. The minimum absolute atomic E-state index is 0.0249. The number of benzene rings is 1. The largest absolute Gasteiger partial charge is 0.351 e. The lowest BCUT2D eigenvalue weighted by Crippen LogP contribution is -2.51. The number of carbonyl (C=O) groups excluding carboxylic acids is 1. The van der Waals surface area contributed by atoms with Crippen molar-refractivity contribution in [1.29, 1.82) is 0 Å². The van der Waals surface area contributed by atoms with Gasteiger partial charge in [-0.15, -0.1) is 0 Å². The van der Waals surface area contributed by atoms with Crippen molar-refractivity contribution in [3.63, 3.8) is 0 Å². The van der Waals surface area contributed by atoms with Gasteiger partial charge in [0.05, 0.1) is 12.6 Å². The maximum atomic E-state index is 12.8. The molecule has 1 amide bonds. The molecule has 0 fully saturated rings. The monoisotopic (exact) mass is 400 g/mol. The van der Waals surface area contributed by atoms with Gasteiger partial charge in [-0.3, -0.25) is 4.79 Å². The molecule has 6 heteroatoms. The SMILES string of the molecule is CCOC(CN(C(=O)C(N)Cc1ccc(Br)cc1)C(C)C)OCC. The zero-order valence-corrected chi connectivity index (χ0v) is 16.6. The quantitative estimate of drug-likeness (QED) is 0.613. The number of rotatable bonds is 10. The van der Waals surface area contributed by atoms with E-state index in [4.69, 9.17) is 15.2 Å². The van der Waals surface area contributed by atoms with Crippen LogP contribution in [0.3, 0.4) is 0 Å². The van der Waals surface area contributed by atoms with Crippen molar-refractivity contribution in [3.8, 4) is 0 Å². The van der Waals surface area contributed by atoms with Gasteiger partial charge in [0, 0.05) is 23.7 Å². The highest BCUT2D eigenvalue weighted by Crippen LogP contribution is 2.13. The number of nitrogens with two attached hydrogens (primary N) is 1. The Labute approximate surface area is 153 Å². The van der Waals surface area contributed by atoms with Crippen LogP contribution in [0.2, 0.25) is 0 Å². The fourth-order valence-electron chi connectivity index (χ4n) is 2.42. The molecule has 0 spiro atoms. The van der Waals surface area contributed by atoms with E-state index in [1.54, 1.807) is 4.90 Å². The van der Waals surface area contributed by atoms with Crippen LogP contribution in [0, 0.1) is 0 Å². The van der Waals surface area contributed by atoms with Crippen LogP contribution in [0.4, 0.5) is 0 Å². The summed E-state index contributed by atoms with van der Waals surface area (Å²) >= 11 is 3.41. The summed E-state index contributed by atoms with van der Waals surface area (Å²) in [7, 11) is 0. The van der Waals surface area contributed by atoms with Crippen LogP contribution in [0.15, 0.2) is 28.7 Å². The predicted molar refractivity (Wildman–Crippen MR) is 99.7 cm³/mol. The Kier molecular flexibility index (Phi) is 9.51. The molecule has 136 valence electrons. The van der Waals surface area contributed by atoms with Crippen LogP contribution < -0.4 is 5.73 Å². The minimum Gasteiger partial charge on any atom is -0.351 e. The second kappa shape index (κ2) is 10.8. The van der Waals surface area contributed by atoms with Gasteiger partial charge >= 0.3 is 0 Å². The average molecular weight is 401 g/mol. The van der Waals surface area contributed by atoms with Gasteiger partial charge in [0.25, 0.3) is 0 Å². The van der Waals surface area contributed by atoms with Crippen LogP contribution in [-0.2, 0) is 20.7 Å². The van der Waals surface area contributed by atoms with E-state index >= 15 is 0 Å². The molecule has 24 heavy (non-hydrogen) atoms. The molecule has 1 aromatic carbocycles. The van der Waals surface area contributed by atoms with Crippen molar-refractivity contribution in [2.45, 2.75) is 52.5 Å². The molecule has 0 aliphatic rings. The maximum absolute atomic E-state index is 12.8. The molecule has 1 unspecified atom stereocenters. The summed E-state index contributed by atoms with van der Waals surface area (Å²) in [6.45, 7) is 9.22. The summed E-state index contributed by atoms with van der Waals surface area (Å²) in [6, 6.07) is 7.29. The zero-order valence-electron chi connectivity index (χ0n) is 15.0. The number of carbonyl (C=O) groups is 1. The summed E-state index contributed by atoms with van der Waals surface area (Å²) in [5.41, 5.74) is 7.20. The van der Waals surface area contributed by atoms with Crippen LogP contribution in [0.25, 0.3) is 0 Å². The van der Waals surface area contributed by atoms with E-state index in [1.807, 2.05) is 52.0 Å². The molecular weight excluding hydrogens is 372 g/mol. The number of hydrogen-bond donors (Lipinski definition) is 1. The molecule has 0 saturated heterocycles. The number of amides is 1. The third kappa shape index (κ3) is 6.89. The highest BCUT2D eigenvalue weighted by atomic mass is 79.9. The Morgan fingerprint density at radius 2 is 1.71 bits per heavy atom. The van der Waals surface area contributed by atoms with Gasteiger partial charge in [0.1, 0.15) is 0 Å². The van der Waals surface area contributed by atoms with Gasteiger partial charge in [-0.05, 0) is 51.8 Å². The molecule has 0 radical (unpaired) electrons. The van der Waals surface area contributed by atoms with E-state index < -0.39 is 12.3 Å². The second-order valence-corrected chi connectivity index (χ2v) is 6.78. The van der Waals surface area contributed by atoms with Crippen LogP contribution in [0.5, 0.6) is 0 Å². The Balaban J connectivity index is 2.74. The van der Waals surface area contributed by atoms with Crippen molar-refractivity contribution in [3.05, 3.63) is 34.3 Å². The van der Waals surface area contributed by atoms with Gasteiger partial charge in [-0.2, -0.15) is 0 Å². The van der Waals surface area contributed by atoms with Gasteiger partial charge in [0.2, 0.25) is 5.91 Å². The molecule has 1 rings (SSSR count). The Bertz CT molecular complexity index is 488. The normalized spacial score (nSPS) is 12.7. The first-order chi connectivity index (χ1) is 11.4. The fraction of sp³-hybridized carbons (Fsp3) is 0.611. The molecule has 0 aromatic heterocycles. The lowest BCUT2D eigenvalue weighted by molar-refractivity contribution is -0.162. The van der Waals surface area contributed by atoms with Gasteiger partial charge in [-0.1, -0.05) is 28.1 Å². The molecule has 0 aliphatic carbocycles. The number of hydrogen-bond acceptors (Lipinski definition) is 4. The van der Waals surface area contributed by atoms with Crippen LogP contribution >= 0.6 is 15.9 Å². The number of ether oxygens (including phenoxy) is 2. The molecule has 0 aliphatic heterocycles. The second-order valence-electron chi connectivity index (χ2n) is 5.86. The van der Waals surface area contributed by atoms with E-state index in [0.717, 1.165) is 10.0 Å². The molecule has 0 saturated carbocycles. The van der Waals surface area contributed by atoms with Crippen molar-refractivity contribution < 1.29 is 14.3 Å². The predicted octanol–water partition coefficient (Wildman–Crippen LogP) is 2.96. The highest BCUT2D eigenvalue weighted by Gasteiger charge is 2.26. The summed E-state index contributed by atoms with van der Waals surface area (Å²) in [5, 5.41) is 0. The average Bonchev–Trinajstić information content (AvgIpc) is 2.54. The first kappa shape index (κ1) is 21.1. The zero-order chi connectivity index (χ0) is 18.1. The summed E-state index contributed by atoms with van der Waals surface area (Å²) < 4.78 is 12.1. The number of nitrogens with zero attached hydrogens (tertiary/aromatic N) is 1. The smallest absolute Gasteiger partial charge is 0.240 e. The molecule has 1 aromatic rings. The highest BCUT2D eigenvalue weighted by molar-refractivity contribution is 9.10. The number of halogens is 1. The van der Waals surface area contributed by atoms with E-state index in [-0.39, 0.29) is 11.9 Å². The summed E-state index contributed by atoms with van der Waals surface area (Å²) in [4.78, 5) is 14.5. The van der Waals surface area contributed by atoms with Gasteiger partial charge in [-0.25, -0.2) is 0 Å². The summed E-state index contributed by atoms with van der Waals surface area (Å²) in [5.74, 6) is -0.0858. The van der Waals surface area contributed by atoms with E-state index in [0.29, 0.717) is 26.2 Å². The third-order valence-electron chi connectivity index (χ3n) is 3.64. The van der Waals surface area contributed by atoms with Crippen molar-refractivity contribution in [2.24, 2.45) is 5.73 Å². The summed E-state index contributed by atoms with van der Waals surface area (Å²) in [6.07, 6.45) is 0.0785. The fourth-order valence-corrected chi connectivity index (χ4v) is 2.68. The lowest BCUT2D eigenvalue weighted by atomic mass is 10.0. The van der Waals surface area contributed by atoms with E-state index in [1.165, 1.54) is 0 Å². The van der Waals surface area contributed by atoms with Gasteiger partial charge < -0.3 is 20.1 Å². The topological polar surface area (TPSA) is 64.8 Å². The van der Waals surface area contributed by atoms with E-state index in [9.17, 15) is 4.79 Å². The molecule has 0 heterocycles. The van der Waals surface area contributed by atoms with Gasteiger partial charge in [0.15, 0.2) is 6.29 Å². The van der Waals surface area contributed by atoms with Crippen LogP contribution in [-0.4, -0.2) is 48.9 Å². The van der Waals surface area contributed by atoms with Crippen molar-refractivity contribution >= 4 is 21.8 Å². The Hall–Kier alpha value is -0.950. The van der Waals surface area contributed by atoms with Crippen molar-refractivity contribution in [2.75, 3.05) is 19.8 Å². The molecule has 1 atom stereocenters. The minimum atomic E-state index is -0.586. The molecule has 5 nitrogen and oxygen atoms in total. The standard InChI is InChI=1S/C18H29BrN2O3/c1-5-23-17(24-6-2)12-21(13(3)4)18(22)16(20)11-14-7-9-15(19)10-8-14/h7-10,13,16-17H,5-6,11-12,20H2,1-4H3. The Morgan fingerprint density at radius 3 is 2.17 bits per heavy atom. The molecular formula is C18H29BrN2O3. The molecule has 0 bridgehead atoms. The van der Waals surface area contributed by atoms with E-state index in [2.05, 4.69) is 15.9 Å². The molecule has 2 N–H and O–H groups in total. The first-order valence-electron chi connectivity index (χ1n) is 8.42. The van der Waals surface area contributed by atoms with Crippen LogP contribution in [0.1, 0.15) is 33.3 Å². The maximum Gasteiger partial charge on any atom is 0.240 e.